The smallest absolute Gasteiger partial charge is 0.238 e. The Morgan fingerprint density at radius 3 is 2.50 bits per heavy atom. The first-order valence-corrected chi connectivity index (χ1v) is 9.07. The maximum Gasteiger partial charge on any atom is 0.238 e. The third kappa shape index (κ3) is 5.70. The molecule has 24 heavy (non-hydrogen) atoms. The number of thiophene rings is 1. The fraction of sp³-hybridized carbons (Fsp3) is 0.222. The van der Waals surface area contributed by atoms with Gasteiger partial charge in [-0.3, -0.25) is 14.5 Å². The van der Waals surface area contributed by atoms with Gasteiger partial charge in [-0.15, -0.1) is 17.9 Å². The van der Waals surface area contributed by atoms with E-state index in [4.69, 9.17) is 0 Å². The molecule has 0 radical (unpaired) electrons. The summed E-state index contributed by atoms with van der Waals surface area (Å²) in [6, 6.07) is 10.9. The summed E-state index contributed by atoms with van der Waals surface area (Å²) in [6.07, 6.45) is 1.79. The highest BCUT2D eigenvalue weighted by atomic mass is 79.9. The van der Waals surface area contributed by atoms with Crippen LogP contribution in [-0.2, 0) is 11.3 Å². The van der Waals surface area contributed by atoms with E-state index in [1.165, 1.54) is 11.8 Å². The van der Waals surface area contributed by atoms with Crippen molar-refractivity contribution >= 4 is 44.6 Å². The first-order valence-electron chi connectivity index (χ1n) is 7.46. The molecule has 0 aliphatic carbocycles. The first kappa shape index (κ1) is 18.6. The number of hydrogen-bond acceptors (Lipinski definition) is 4. The highest BCUT2D eigenvalue weighted by molar-refractivity contribution is 9.11. The maximum atomic E-state index is 12.3. The molecule has 126 valence electrons. The lowest BCUT2D eigenvalue weighted by Crippen LogP contribution is -2.32. The lowest BCUT2D eigenvalue weighted by molar-refractivity contribution is -0.117. The van der Waals surface area contributed by atoms with E-state index in [0.717, 1.165) is 3.79 Å². The number of nitrogens with zero attached hydrogens (tertiary/aromatic N) is 1. The number of anilines is 1. The van der Waals surface area contributed by atoms with E-state index in [0.29, 0.717) is 24.3 Å². The van der Waals surface area contributed by atoms with E-state index >= 15 is 0 Å². The summed E-state index contributed by atoms with van der Waals surface area (Å²) in [5.74, 6) is -0.0878. The molecule has 0 aliphatic rings. The fourth-order valence-corrected chi connectivity index (χ4v) is 3.74. The number of hydrogen-bond donors (Lipinski definition) is 1. The summed E-state index contributed by atoms with van der Waals surface area (Å²) in [7, 11) is 0. The van der Waals surface area contributed by atoms with Gasteiger partial charge in [-0.1, -0.05) is 6.08 Å². The van der Waals surface area contributed by atoms with Crippen molar-refractivity contribution in [1.29, 1.82) is 0 Å². The molecular weight excluding hydrogens is 388 g/mol. The van der Waals surface area contributed by atoms with Gasteiger partial charge in [0.05, 0.1) is 10.3 Å². The van der Waals surface area contributed by atoms with Crippen molar-refractivity contribution < 1.29 is 9.59 Å². The molecule has 0 bridgehead atoms. The van der Waals surface area contributed by atoms with Gasteiger partial charge in [0, 0.05) is 29.2 Å². The van der Waals surface area contributed by atoms with Gasteiger partial charge >= 0.3 is 0 Å². The first-order chi connectivity index (χ1) is 11.5. The van der Waals surface area contributed by atoms with Crippen molar-refractivity contribution in [1.82, 2.24) is 4.90 Å². The summed E-state index contributed by atoms with van der Waals surface area (Å²) in [5, 5.41) is 2.86. The minimum Gasteiger partial charge on any atom is -0.325 e. The second-order valence-electron chi connectivity index (χ2n) is 5.35. The molecule has 0 aliphatic heterocycles. The summed E-state index contributed by atoms with van der Waals surface area (Å²) in [6.45, 7) is 6.87. The van der Waals surface area contributed by atoms with Crippen LogP contribution in [0.1, 0.15) is 22.2 Å². The van der Waals surface area contributed by atoms with E-state index in [1.807, 2.05) is 17.0 Å². The van der Waals surface area contributed by atoms with Gasteiger partial charge in [0.25, 0.3) is 0 Å². The van der Waals surface area contributed by atoms with Gasteiger partial charge in [0.15, 0.2) is 5.78 Å². The summed E-state index contributed by atoms with van der Waals surface area (Å²) in [4.78, 5) is 26.7. The van der Waals surface area contributed by atoms with Crippen LogP contribution < -0.4 is 5.32 Å². The summed E-state index contributed by atoms with van der Waals surface area (Å²) < 4.78 is 1.08. The molecule has 1 aromatic carbocycles. The third-order valence-electron chi connectivity index (χ3n) is 3.34. The van der Waals surface area contributed by atoms with Crippen LogP contribution in [0.2, 0.25) is 0 Å². The van der Waals surface area contributed by atoms with Gasteiger partial charge in [-0.05, 0) is 59.3 Å². The van der Waals surface area contributed by atoms with Crippen molar-refractivity contribution in [3.8, 4) is 0 Å². The van der Waals surface area contributed by atoms with Crippen LogP contribution in [0.15, 0.2) is 52.8 Å². The molecule has 0 saturated heterocycles. The molecule has 0 spiro atoms. The molecule has 0 unspecified atom stereocenters. The van der Waals surface area contributed by atoms with Crippen molar-refractivity contribution in [2.45, 2.75) is 13.5 Å². The van der Waals surface area contributed by atoms with Crippen LogP contribution in [0.5, 0.6) is 0 Å². The minimum absolute atomic E-state index is 0.00661. The zero-order valence-corrected chi connectivity index (χ0v) is 15.8. The predicted octanol–water partition coefficient (Wildman–Crippen LogP) is 4.34. The molecule has 1 N–H and O–H groups in total. The number of Topliss-reactive ketones (excluding diaryl/α,β-unsaturated/α-hetero) is 1. The lowest BCUT2D eigenvalue weighted by Gasteiger charge is -2.19. The third-order valence-corrected chi connectivity index (χ3v) is 4.95. The molecular formula is C18H19BrN2O2S. The molecule has 1 amide bonds. The number of carbonyl (C=O) groups excluding carboxylic acids is 2. The van der Waals surface area contributed by atoms with Crippen LogP contribution in [0.3, 0.4) is 0 Å². The standard InChI is InChI=1S/C18H19BrN2O2S/c1-3-10-21(11-16-8-9-17(19)24-16)12-18(23)20-15-6-4-14(5-7-15)13(2)22/h3-9H,1,10-12H2,2H3,(H,20,23). The Morgan fingerprint density at radius 2 is 1.96 bits per heavy atom. The van der Waals surface area contributed by atoms with E-state index < -0.39 is 0 Å². The largest absolute Gasteiger partial charge is 0.325 e. The van der Waals surface area contributed by atoms with Crippen LogP contribution in [0.25, 0.3) is 0 Å². The number of rotatable bonds is 8. The number of halogens is 1. The Hall–Kier alpha value is -1.76. The van der Waals surface area contributed by atoms with Crippen LogP contribution in [0, 0.1) is 0 Å². The molecule has 2 rings (SSSR count). The normalized spacial score (nSPS) is 10.6. The van der Waals surface area contributed by atoms with E-state index in [1.54, 1.807) is 41.7 Å². The van der Waals surface area contributed by atoms with Gasteiger partial charge < -0.3 is 5.32 Å². The van der Waals surface area contributed by atoms with Crippen molar-refractivity contribution in [3.05, 3.63) is 63.3 Å². The Morgan fingerprint density at radius 1 is 1.25 bits per heavy atom. The number of ketones is 1. The van der Waals surface area contributed by atoms with Crippen molar-refractivity contribution in [2.24, 2.45) is 0 Å². The molecule has 0 saturated carbocycles. The van der Waals surface area contributed by atoms with Crippen molar-refractivity contribution in [3.63, 3.8) is 0 Å². The molecule has 0 fully saturated rings. The van der Waals surface area contributed by atoms with Crippen LogP contribution in [-0.4, -0.2) is 29.7 Å². The van der Waals surface area contributed by atoms with Crippen molar-refractivity contribution in [2.75, 3.05) is 18.4 Å². The summed E-state index contributed by atoms with van der Waals surface area (Å²) >= 11 is 5.10. The average molecular weight is 407 g/mol. The predicted molar refractivity (Wildman–Crippen MR) is 103 cm³/mol. The maximum absolute atomic E-state index is 12.3. The monoisotopic (exact) mass is 406 g/mol. The SMILES string of the molecule is C=CCN(CC(=O)Nc1ccc(C(C)=O)cc1)Cc1ccc(Br)s1. The quantitative estimate of drug-likeness (QED) is 0.523. The molecule has 6 heteroatoms. The second-order valence-corrected chi connectivity index (χ2v) is 7.89. The average Bonchev–Trinajstić information content (AvgIpc) is 2.93. The van der Waals surface area contributed by atoms with Gasteiger partial charge in [-0.2, -0.15) is 0 Å². The fourth-order valence-electron chi connectivity index (χ4n) is 2.22. The van der Waals surface area contributed by atoms with E-state index in [9.17, 15) is 9.59 Å². The summed E-state index contributed by atoms with van der Waals surface area (Å²) in [5.41, 5.74) is 1.31. The van der Waals surface area contributed by atoms with Gasteiger partial charge in [-0.25, -0.2) is 0 Å². The Bertz CT molecular complexity index is 725. The van der Waals surface area contributed by atoms with Crippen LogP contribution in [0.4, 0.5) is 5.69 Å². The van der Waals surface area contributed by atoms with Gasteiger partial charge in [0.2, 0.25) is 5.91 Å². The molecule has 2 aromatic rings. The number of amides is 1. The van der Waals surface area contributed by atoms with E-state index in [2.05, 4.69) is 27.8 Å². The highest BCUT2D eigenvalue weighted by Crippen LogP contribution is 2.23. The number of carbonyl (C=O) groups is 2. The molecule has 1 aromatic heterocycles. The lowest BCUT2D eigenvalue weighted by atomic mass is 10.1. The minimum atomic E-state index is -0.0944. The van der Waals surface area contributed by atoms with Gasteiger partial charge in [0.1, 0.15) is 0 Å². The van der Waals surface area contributed by atoms with E-state index in [-0.39, 0.29) is 18.2 Å². The zero-order valence-electron chi connectivity index (χ0n) is 13.4. The Kier molecular flexibility index (Phi) is 6.90. The highest BCUT2D eigenvalue weighted by Gasteiger charge is 2.12. The van der Waals surface area contributed by atoms with Crippen LogP contribution >= 0.6 is 27.3 Å². The Labute approximate surface area is 154 Å². The molecule has 0 atom stereocenters. The molecule has 1 heterocycles. The molecule has 4 nitrogen and oxygen atoms in total. The zero-order chi connectivity index (χ0) is 17.5. The topological polar surface area (TPSA) is 49.4 Å². The number of benzene rings is 1. The Balaban J connectivity index is 1.94. The number of nitrogens with one attached hydrogen (secondary N) is 1. The second kappa shape index (κ2) is 8.92.